The van der Waals surface area contributed by atoms with Crippen LogP contribution in [0.25, 0.3) is 0 Å². The predicted molar refractivity (Wildman–Crippen MR) is 323 cm³/mol. The van der Waals surface area contributed by atoms with Gasteiger partial charge in [-0.25, -0.2) is 19.2 Å². The van der Waals surface area contributed by atoms with Crippen molar-refractivity contribution in [1.82, 2.24) is 30.7 Å². The summed E-state index contributed by atoms with van der Waals surface area (Å²) in [6.07, 6.45) is 1.05. The number of amides is 8. The molecule has 3 aliphatic rings. The molecule has 1 aromatic heterocycles. The van der Waals surface area contributed by atoms with E-state index in [9.17, 15) is 53.7 Å². The molecule has 0 saturated carbocycles. The molecular weight excluding hydrogens is 1170 g/mol. The number of halogens is 1. The van der Waals surface area contributed by atoms with Crippen LogP contribution in [-0.4, -0.2) is 161 Å². The number of likely N-dealkylation sites (N-methyl/N-ethyl adjacent to an activating group) is 1. The number of epoxide rings is 1. The fourth-order valence-corrected chi connectivity index (χ4v) is 10.7. The van der Waals surface area contributed by atoms with Gasteiger partial charge in [0.2, 0.25) is 23.6 Å². The van der Waals surface area contributed by atoms with Crippen LogP contribution in [0, 0.1) is 5.92 Å². The number of carbonyl (C=O) groups excluding carboxylic acids is 8. The summed E-state index contributed by atoms with van der Waals surface area (Å²) in [5, 5.41) is 44.8. The van der Waals surface area contributed by atoms with Crippen LogP contribution in [-0.2, 0) is 67.2 Å². The Balaban J connectivity index is 1.09. The van der Waals surface area contributed by atoms with Crippen LogP contribution in [0.2, 0.25) is 5.02 Å². The molecule has 2 fully saturated rings. The number of hydrogen-bond donors (Lipinski definition) is 9. The number of aromatic nitrogens is 1. The summed E-state index contributed by atoms with van der Waals surface area (Å²) in [5.41, 5.74) is 4.96. The number of esters is 1. The molecule has 0 radical (unpaired) electrons. The monoisotopic (exact) mass is 1250 g/mol. The highest BCUT2D eigenvalue weighted by Crippen LogP contribution is 2.49. The molecule has 3 aliphatic heterocycles. The lowest BCUT2D eigenvalue weighted by Crippen LogP contribution is -2.63. The number of fused-ring (bicyclic) bond motifs is 5. The zero-order valence-electron chi connectivity index (χ0n) is 51.0. The number of alkyl carbamates (subject to hydrolysis) is 1. The van der Waals surface area contributed by atoms with E-state index < -0.39 is 114 Å². The Morgan fingerprint density at radius 1 is 1.00 bits per heavy atom. The van der Waals surface area contributed by atoms with Gasteiger partial charge in [0.05, 0.1) is 25.3 Å². The minimum Gasteiger partial charge on any atom is -0.495 e. The van der Waals surface area contributed by atoms with Crippen molar-refractivity contribution in [2.75, 3.05) is 45.1 Å². The molecule has 27 heteroatoms. The summed E-state index contributed by atoms with van der Waals surface area (Å²) < 4.78 is 36.4. The molecule has 10 unspecified atom stereocenters. The number of methoxy groups -OCH3 is 2. The third-order valence-corrected chi connectivity index (χ3v) is 16.3. The SMILES string of the molecule is C=C(C)C(NC(=O)CCCCCn1c(O)ccc1O)C(=O)NC(CCCNC(N)=O)C(=O)Nc1ccc(COC(=O)N(C)C(C)C(=O)OC2CC(=O)N(C)c3cc(cc(OC)c3Cl)CC(C)=CC=CC(OC)C3(O)CC(OC(=O)N3)C(C)C3OC23C)cc1. The van der Waals surface area contributed by atoms with Crippen LogP contribution in [0.3, 0.4) is 0 Å². The van der Waals surface area contributed by atoms with Gasteiger partial charge in [0.15, 0.2) is 17.5 Å². The van der Waals surface area contributed by atoms with Crippen molar-refractivity contribution in [1.29, 1.82) is 0 Å². The number of ether oxygens (including phenoxy) is 6. The number of allylic oxidation sites excluding steroid dienone is 3. The standard InChI is InChI=1S/C61H82ClN9O17/c1-34(2)52(67-47(72)19-12-11-13-27-71-48(73)24-25-49(71)74)55(77)66-41(17-15-26-64-57(63)79)54(76)65-40-22-20-38(21-23-40)33-85-59(81)69(7)37(5)56(78)87-46-31-50(75)70(8)42-29-39(30-43(83-9)51(42)62)28-35(3)16-14-18-45(84-10)61(82)32-44(86-58(80)68-61)36(4)53-60(46,6)88-53/h14,16,18,20-25,29-30,36-37,41,44-46,52-53,73-74,82H,1,11-13,15,17,19,26-28,31-33H2,2-10H3,(H,65,76)(H,66,77)(H,67,72)(H,68,80)(H3,63,64,79). The maximum absolute atomic E-state index is 14.4. The van der Waals surface area contributed by atoms with E-state index in [1.807, 2.05) is 13.0 Å². The molecule has 2 saturated heterocycles. The minimum absolute atomic E-state index is 0.0491. The molecule has 4 heterocycles. The first-order valence-corrected chi connectivity index (χ1v) is 29.2. The van der Waals surface area contributed by atoms with E-state index in [1.165, 1.54) is 69.0 Å². The van der Waals surface area contributed by atoms with Crippen LogP contribution < -0.4 is 42.0 Å². The molecular formula is C61H82ClN9O17. The number of carbonyl (C=O) groups is 8. The van der Waals surface area contributed by atoms with Crippen molar-refractivity contribution in [2.24, 2.45) is 11.7 Å². The topological polar surface area (TPSA) is 354 Å². The number of urea groups is 1. The number of anilines is 2. The fraction of sp³-hybridized carbons (Fsp3) is 0.508. The van der Waals surface area contributed by atoms with Crippen LogP contribution in [0.4, 0.5) is 25.8 Å². The van der Waals surface area contributed by atoms with E-state index in [0.717, 1.165) is 16.0 Å². The van der Waals surface area contributed by atoms with Gasteiger partial charge >= 0.3 is 24.2 Å². The van der Waals surface area contributed by atoms with Crippen molar-refractivity contribution >= 4 is 70.8 Å². The van der Waals surface area contributed by atoms with Crippen LogP contribution >= 0.6 is 11.6 Å². The molecule has 6 rings (SSSR count). The van der Waals surface area contributed by atoms with Crippen molar-refractivity contribution < 1.29 is 82.1 Å². The third kappa shape index (κ3) is 17.9. The molecule has 8 amide bonds. The first-order chi connectivity index (χ1) is 41.6. The second-order valence-electron chi connectivity index (χ2n) is 22.6. The van der Waals surface area contributed by atoms with Gasteiger partial charge in [-0.3, -0.25) is 34.0 Å². The molecule has 2 aromatic carbocycles. The second kappa shape index (κ2) is 30.5. The van der Waals surface area contributed by atoms with Gasteiger partial charge in [0.1, 0.15) is 59.4 Å². The summed E-state index contributed by atoms with van der Waals surface area (Å²) in [6, 6.07) is 8.05. The van der Waals surface area contributed by atoms with Gasteiger partial charge in [0.25, 0.3) is 0 Å². The zero-order valence-corrected chi connectivity index (χ0v) is 51.8. The highest BCUT2D eigenvalue weighted by Gasteiger charge is 2.64. The number of unbranched alkanes of at least 4 members (excludes halogenated alkanes) is 2. The van der Waals surface area contributed by atoms with E-state index >= 15 is 0 Å². The molecule has 3 aromatic rings. The quantitative estimate of drug-likeness (QED) is 0.0180. The lowest BCUT2D eigenvalue weighted by Gasteiger charge is -2.42. The number of primary amides is 1. The first-order valence-electron chi connectivity index (χ1n) is 28.8. The molecule has 26 nitrogen and oxygen atoms in total. The summed E-state index contributed by atoms with van der Waals surface area (Å²) in [5.74, 6) is -3.70. The molecule has 10 atom stereocenters. The number of nitrogens with one attached hydrogen (secondary N) is 5. The van der Waals surface area contributed by atoms with Gasteiger partial charge in [-0.1, -0.05) is 67.5 Å². The van der Waals surface area contributed by atoms with E-state index in [1.54, 1.807) is 57.2 Å². The van der Waals surface area contributed by atoms with E-state index in [2.05, 4.69) is 33.2 Å². The van der Waals surface area contributed by atoms with Crippen LogP contribution in [0.15, 0.2) is 84.5 Å². The van der Waals surface area contributed by atoms with Gasteiger partial charge in [-0.05, 0) is 101 Å². The van der Waals surface area contributed by atoms with Crippen molar-refractivity contribution in [3.63, 3.8) is 0 Å². The highest BCUT2D eigenvalue weighted by molar-refractivity contribution is 6.35. The van der Waals surface area contributed by atoms with Crippen molar-refractivity contribution in [3.05, 3.63) is 101 Å². The van der Waals surface area contributed by atoms with E-state index in [0.29, 0.717) is 60.5 Å². The Morgan fingerprint density at radius 3 is 2.34 bits per heavy atom. The Morgan fingerprint density at radius 2 is 1.69 bits per heavy atom. The summed E-state index contributed by atoms with van der Waals surface area (Å²) in [4.78, 5) is 109. The molecule has 0 spiro atoms. The lowest BCUT2D eigenvalue weighted by molar-refractivity contribution is -0.158. The summed E-state index contributed by atoms with van der Waals surface area (Å²) in [6.45, 7) is 12.3. The Labute approximate surface area is 516 Å². The summed E-state index contributed by atoms with van der Waals surface area (Å²) >= 11 is 6.83. The number of aliphatic hydroxyl groups is 1. The number of nitrogens with two attached hydrogens (primary N) is 1. The average Bonchev–Trinajstić information content (AvgIpc) is 1.80. The van der Waals surface area contributed by atoms with Crippen LogP contribution in [0.1, 0.15) is 97.1 Å². The van der Waals surface area contributed by atoms with Crippen molar-refractivity contribution in [2.45, 2.75) is 159 Å². The molecule has 88 heavy (non-hydrogen) atoms. The second-order valence-corrected chi connectivity index (χ2v) is 23.0. The normalized spacial score (nSPS) is 22.8. The minimum atomic E-state index is -1.91. The zero-order chi connectivity index (χ0) is 64.8. The molecule has 0 aliphatic carbocycles. The number of nitrogens with zero attached hydrogens (tertiary/aromatic N) is 3. The highest BCUT2D eigenvalue weighted by atomic mass is 35.5. The third-order valence-electron chi connectivity index (χ3n) is 15.9. The summed E-state index contributed by atoms with van der Waals surface area (Å²) in [7, 11) is 5.70. The number of hydrogen-bond acceptors (Lipinski definition) is 17. The first kappa shape index (κ1) is 68.8. The Hall–Kier alpha value is -8.33. The average molecular weight is 1250 g/mol. The van der Waals surface area contributed by atoms with Gasteiger partial charge in [-0.2, -0.15) is 0 Å². The maximum atomic E-state index is 14.4. The van der Waals surface area contributed by atoms with Crippen LogP contribution in [0.5, 0.6) is 17.5 Å². The lowest BCUT2D eigenvalue weighted by atomic mass is 9.83. The predicted octanol–water partition coefficient (Wildman–Crippen LogP) is 5.73. The van der Waals surface area contributed by atoms with Crippen molar-refractivity contribution in [3.8, 4) is 17.5 Å². The molecule has 480 valence electrons. The Kier molecular flexibility index (Phi) is 23.9. The van der Waals surface area contributed by atoms with Gasteiger partial charge < -0.3 is 75.6 Å². The number of benzene rings is 2. The van der Waals surface area contributed by atoms with Gasteiger partial charge in [-0.15, -0.1) is 0 Å². The van der Waals surface area contributed by atoms with E-state index in [4.69, 9.17) is 45.8 Å². The van der Waals surface area contributed by atoms with E-state index in [-0.39, 0.29) is 55.6 Å². The largest absolute Gasteiger partial charge is 0.495 e. The fourth-order valence-electron chi connectivity index (χ4n) is 10.4. The number of aromatic hydroxyl groups is 2. The van der Waals surface area contributed by atoms with Gasteiger partial charge in [0, 0.05) is 70.9 Å². The number of rotatable bonds is 23. The molecule has 10 N–H and O–H groups in total. The maximum Gasteiger partial charge on any atom is 0.410 e. The smallest absolute Gasteiger partial charge is 0.410 e. The molecule has 4 bridgehead atoms. The Bertz CT molecular complexity index is 3100.